The van der Waals surface area contributed by atoms with Crippen molar-refractivity contribution < 1.29 is 4.74 Å². The molecule has 0 unspecified atom stereocenters. The van der Waals surface area contributed by atoms with Gasteiger partial charge in [-0.05, 0) is 18.2 Å². The first-order valence-corrected chi connectivity index (χ1v) is 5.64. The van der Waals surface area contributed by atoms with Crippen molar-refractivity contribution in [2.75, 3.05) is 12.8 Å². The maximum absolute atomic E-state index is 5.84. The number of nitrogen functional groups attached to an aromatic ring is 1. The van der Waals surface area contributed by atoms with Crippen molar-refractivity contribution in [1.29, 1.82) is 0 Å². The molecular weight excluding hydrogens is 228 g/mol. The van der Waals surface area contributed by atoms with Crippen molar-refractivity contribution in [1.82, 2.24) is 14.8 Å². The van der Waals surface area contributed by atoms with Gasteiger partial charge in [-0.1, -0.05) is 0 Å². The second-order valence-corrected chi connectivity index (χ2v) is 4.16. The van der Waals surface area contributed by atoms with E-state index in [0.717, 1.165) is 27.9 Å². The van der Waals surface area contributed by atoms with Crippen molar-refractivity contribution >= 4 is 16.7 Å². The monoisotopic (exact) mass is 242 g/mol. The molecule has 18 heavy (non-hydrogen) atoms. The first-order valence-electron chi connectivity index (χ1n) is 5.64. The third-order valence-corrected chi connectivity index (χ3v) is 3.09. The summed E-state index contributed by atoms with van der Waals surface area (Å²) < 4.78 is 7.08. The Balaban J connectivity index is 2.34. The number of fused-ring (bicyclic) bond motifs is 1. The van der Waals surface area contributed by atoms with Gasteiger partial charge in [-0.2, -0.15) is 5.10 Å². The maximum Gasteiger partial charge on any atom is 0.129 e. The zero-order chi connectivity index (χ0) is 12.7. The van der Waals surface area contributed by atoms with Gasteiger partial charge in [0.15, 0.2) is 0 Å². The second-order valence-electron chi connectivity index (χ2n) is 4.16. The van der Waals surface area contributed by atoms with Crippen LogP contribution in [0.3, 0.4) is 0 Å². The minimum atomic E-state index is 0.625. The van der Waals surface area contributed by atoms with Crippen molar-refractivity contribution in [3.05, 3.63) is 30.5 Å². The Morgan fingerprint density at radius 2 is 2.17 bits per heavy atom. The molecule has 0 saturated carbocycles. The SMILES string of the molecule is COc1ccc2[nH]ccc2c1-c1cc(N)n(C)n1. The van der Waals surface area contributed by atoms with E-state index in [4.69, 9.17) is 10.5 Å². The quantitative estimate of drug-likeness (QED) is 0.723. The number of aromatic amines is 1. The van der Waals surface area contributed by atoms with Gasteiger partial charge in [0.05, 0.1) is 18.4 Å². The molecule has 2 heterocycles. The van der Waals surface area contributed by atoms with Gasteiger partial charge in [-0.15, -0.1) is 0 Å². The third-order valence-electron chi connectivity index (χ3n) is 3.09. The van der Waals surface area contributed by atoms with Gasteiger partial charge < -0.3 is 15.5 Å². The van der Waals surface area contributed by atoms with Crippen LogP contribution in [-0.4, -0.2) is 21.9 Å². The fourth-order valence-corrected chi connectivity index (χ4v) is 2.15. The van der Waals surface area contributed by atoms with Crippen LogP contribution in [-0.2, 0) is 7.05 Å². The number of benzene rings is 1. The Hall–Kier alpha value is -2.43. The lowest BCUT2D eigenvalue weighted by Gasteiger charge is -2.07. The number of hydrogen-bond acceptors (Lipinski definition) is 3. The summed E-state index contributed by atoms with van der Waals surface area (Å²) in [6.07, 6.45) is 1.90. The smallest absolute Gasteiger partial charge is 0.129 e. The number of nitrogens with one attached hydrogen (secondary N) is 1. The van der Waals surface area contributed by atoms with Crippen molar-refractivity contribution in [3.63, 3.8) is 0 Å². The first-order chi connectivity index (χ1) is 8.70. The molecule has 0 fully saturated rings. The van der Waals surface area contributed by atoms with Crippen molar-refractivity contribution in [2.24, 2.45) is 7.05 Å². The summed E-state index contributed by atoms with van der Waals surface area (Å²) in [5.41, 5.74) is 8.67. The van der Waals surface area contributed by atoms with Crippen LogP contribution >= 0.6 is 0 Å². The van der Waals surface area contributed by atoms with Crippen molar-refractivity contribution in [3.8, 4) is 17.0 Å². The van der Waals surface area contributed by atoms with Crippen LogP contribution in [0.1, 0.15) is 0 Å². The Morgan fingerprint density at radius 1 is 1.33 bits per heavy atom. The van der Waals surface area contributed by atoms with E-state index in [1.54, 1.807) is 11.8 Å². The van der Waals surface area contributed by atoms with Crippen LogP contribution in [0.15, 0.2) is 30.5 Å². The molecule has 0 aliphatic carbocycles. The topological polar surface area (TPSA) is 68.9 Å². The molecule has 0 radical (unpaired) electrons. The normalized spacial score (nSPS) is 11.0. The Kier molecular flexibility index (Phi) is 2.26. The molecule has 0 spiro atoms. The summed E-state index contributed by atoms with van der Waals surface area (Å²) in [6, 6.07) is 7.78. The first kappa shape index (κ1) is 10.7. The number of nitrogens with two attached hydrogens (primary N) is 1. The largest absolute Gasteiger partial charge is 0.496 e. The number of aryl methyl sites for hydroxylation is 1. The van der Waals surface area contributed by atoms with Gasteiger partial charge in [0.25, 0.3) is 0 Å². The predicted octanol–water partition coefficient (Wildman–Crippen LogP) is 2.16. The van der Waals surface area contributed by atoms with Crippen LogP contribution in [0.25, 0.3) is 22.2 Å². The summed E-state index contributed by atoms with van der Waals surface area (Å²) in [6.45, 7) is 0. The fourth-order valence-electron chi connectivity index (χ4n) is 2.15. The molecule has 0 amide bonds. The van der Waals surface area contributed by atoms with E-state index in [2.05, 4.69) is 10.1 Å². The predicted molar refractivity (Wildman–Crippen MR) is 71.5 cm³/mol. The molecule has 2 aromatic heterocycles. The van der Waals surface area contributed by atoms with Crippen molar-refractivity contribution in [2.45, 2.75) is 0 Å². The number of H-pyrrole nitrogens is 1. The van der Waals surface area contributed by atoms with E-state index in [-0.39, 0.29) is 0 Å². The summed E-state index contributed by atoms with van der Waals surface area (Å²) >= 11 is 0. The molecule has 3 rings (SSSR count). The lowest BCUT2D eigenvalue weighted by Crippen LogP contribution is -1.96. The average Bonchev–Trinajstić information content (AvgIpc) is 2.95. The van der Waals surface area contributed by atoms with Crippen LogP contribution in [0.4, 0.5) is 5.82 Å². The average molecular weight is 242 g/mol. The van der Waals surface area contributed by atoms with E-state index in [1.165, 1.54) is 0 Å². The number of ether oxygens (including phenoxy) is 1. The highest BCUT2D eigenvalue weighted by Gasteiger charge is 2.14. The Bertz CT molecular complexity index is 691. The van der Waals surface area contributed by atoms with Gasteiger partial charge in [0.1, 0.15) is 11.6 Å². The van der Waals surface area contributed by atoms with Gasteiger partial charge in [0, 0.05) is 30.2 Å². The molecular formula is C13H14N4O. The van der Waals surface area contributed by atoms with E-state index >= 15 is 0 Å². The van der Waals surface area contributed by atoms with E-state index in [9.17, 15) is 0 Å². The third kappa shape index (κ3) is 1.44. The van der Waals surface area contributed by atoms with Gasteiger partial charge >= 0.3 is 0 Å². The molecule has 3 aromatic rings. The van der Waals surface area contributed by atoms with Crippen LogP contribution in [0.2, 0.25) is 0 Å². The molecule has 0 aliphatic heterocycles. The highest BCUT2D eigenvalue weighted by atomic mass is 16.5. The minimum Gasteiger partial charge on any atom is -0.496 e. The fraction of sp³-hybridized carbons (Fsp3) is 0.154. The highest BCUT2D eigenvalue weighted by Crippen LogP contribution is 2.36. The number of nitrogens with zero attached hydrogens (tertiary/aromatic N) is 2. The number of rotatable bonds is 2. The Labute approximate surface area is 104 Å². The number of anilines is 1. The van der Waals surface area contributed by atoms with Crippen LogP contribution in [0.5, 0.6) is 5.75 Å². The molecule has 1 aromatic carbocycles. The molecule has 0 saturated heterocycles. The standard InChI is InChI=1S/C13H14N4O/c1-17-12(14)7-10(16-17)13-8-5-6-15-9(8)3-4-11(13)18-2/h3-7,15H,14H2,1-2H3. The Morgan fingerprint density at radius 3 is 2.83 bits per heavy atom. The van der Waals surface area contributed by atoms with Gasteiger partial charge in [-0.3, -0.25) is 4.68 Å². The number of methoxy groups -OCH3 is 1. The number of aromatic nitrogens is 3. The van der Waals surface area contributed by atoms with Crippen LogP contribution in [0, 0.1) is 0 Å². The number of hydrogen-bond donors (Lipinski definition) is 2. The van der Waals surface area contributed by atoms with Gasteiger partial charge in [-0.25, -0.2) is 0 Å². The summed E-state index contributed by atoms with van der Waals surface area (Å²) in [5.74, 6) is 1.42. The molecule has 5 heteroatoms. The van der Waals surface area contributed by atoms with E-state index in [1.807, 2.05) is 37.5 Å². The van der Waals surface area contributed by atoms with E-state index in [0.29, 0.717) is 5.82 Å². The van der Waals surface area contributed by atoms with Crippen LogP contribution < -0.4 is 10.5 Å². The molecule has 0 bridgehead atoms. The molecule has 5 nitrogen and oxygen atoms in total. The second kappa shape index (κ2) is 3.80. The molecule has 0 atom stereocenters. The zero-order valence-electron chi connectivity index (χ0n) is 10.3. The lowest BCUT2D eigenvalue weighted by atomic mass is 10.1. The summed E-state index contributed by atoms with van der Waals surface area (Å²) in [5, 5.41) is 5.49. The zero-order valence-corrected chi connectivity index (χ0v) is 10.3. The van der Waals surface area contributed by atoms with Gasteiger partial charge in [0.2, 0.25) is 0 Å². The maximum atomic E-state index is 5.84. The summed E-state index contributed by atoms with van der Waals surface area (Å²) in [4.78, 5) is 3.18. The lowest BCUT2D eigenvalue weighted by molar-refractivity contribution is 0.417. The van der Waals surface area contributed by atoms with E-state index < -0.39 is 0 Å². The molecule has 0 aliphatic rings. The highest BCUT2D eigenvalue weighted by molar-refractivity contribution is 5.97. The summed E-state index contributed by atoms with van der Waals surface area (Å²) in [7, 11) is 3.48. The minimum absolute atomic E-state index is 0.625. The molecule has 92 valence electrons. The molecule has 3 N–H and O–H groups in total.